The largest absolute Gasteiger partial charge is 0.264 e. The van der Waals surface area contributed by atoms with E-state index >= 15 is 0 Å². The molecule has 0 bridgehead atoms. The number of hydrogen-bond acceptors (Lipinski definition) is 1. The van der Waals surface area contributed by atoms with Crippen LogP contribution < -0.4 is 0 Å². The summed E-state index contributed by atoms with van der Waals surface area (Å²) in [6.07, 6.45) is 3.68. The van der Waals surface area contributed by atoms with E-state index in [0.29, 0.717) is 0 Å². The molecule has 0 amide bonds. The maximum absolute atomic E-state index is 4.10. The van der Waals surface area contributed by atoms with Crippen LogP contribution in [0.25, 0.3) is 11.1 Å². The van der Waals surface area contributed by atoms with Gasteiger partial charge in [-0.1, -0.05) is 30.3 Å². The summed E-state index contributed by atoms with van der Waals surface area (Å²) in [5.74, 6) is 0. The summed E-state index contributed by atoms with van der Waals surface area (Å²) in [7, 11) is 0. The van der Waals surface area contributed by atoms with E-state index < -0.39 is 0 Å². The van der Waals surface area contributed by atoms with Gasteiger partial charge in [0.1, 0.15) is 0 Å². The van der Waals surface area contributed by atoms with Gasteiger partial charge in [0.2, 0.25) is 0 Å². The van der Waals surface area contributed by atoms with E-state index in [1.807, 2.05) is 12.3 Å². The highest BCUT2D eigenvalue weighted by molar-refractivity contribution is 5.65. The first kappa shape index (κ1) is 7.99. The molecule has 0 saturated heterocycles. The third-order valence-electron chi connectivity index (χ3n) is 2.12. The number of hydrogen-bond donors (Lipinski definition) is 0. The second kappa shape index (κ2) is 3.40. The average molecular weight is 169 g/mol. The zero-order valence-corrected chi connectivity index (χ0v) is 7.57. The minimum absolute atomic E-state index is 1.18. The summed E-state index contributed by atoms with van der Waals surface area (Å²) >= 11 is 0. The number of aromatic nitrogens is 1. The smallest absolute Gasteiger partial charge is 0.0346 e. The van der Waals surface area contributed by atoms with Crippen LogP contribution in [0, 0.1) is 6.92 Å². The number of benzene rings is 1. The first-order valence-electron chi connectivity index (χ1n) is 4.34. The van der Waals surface area contributed by atoms with Crippen LogP contribution in [0.5, 0.6) is 0 Å². The van der Waals surface area contributed by atoms with Crippen LogP contribution in [0.15, 0.2) is 48.8 Å². The highest BCUT2D eigenvalue weighted by Crippen LogP contribution is 2.21. The van der Waals surface area contributed by atoms with Gasteiger partial charge in [-0.05, 0) is 24.1 Å². The van der Waals surface area contributed by atoms with E-state index in [1.54, 1.807) is 6.20 Å². The van der Waals surface area contributed by atoms with Gasteiger partial charge in [0, 0.05) is 18.0 Å². The van der Waals surface area contributed by atoms with Gasteiger partial charge < -0.3 is 0 Å². The molecule has 0 spiro atoms. The van der Waals surface area contributed by atoms with Gasteiger partial charge in [-0.3, -0.25) is 4.98 Å². The third-order valence-corrected chi connectivity index (χ3v) is 2.12. The summed E-state index contributed by atoms with van der Waals surface area (Å²) in [6.45, 7) is 2.11. The second-order valence-electron chi connectivity index (χ2n) is 3.06. The molecular weight excluding hydrogens is 158 g/mol. The number of pyridine rings is 1. The minimum Gasteiger partial charge on any atom is -0.264 e. The van der Waals surface area contributed by atoms with Gasteiger partial charge in [0.15, 0.2) is 0 Å². The number of aryl methyl sites for hydroxylation is 1. The SMILES string of the molecule is Cc1ccccc1-c1cccnc1. The molecule has 0 fully saturated rings. The highest BCUT2D eigenvalue weighted by Gasteiger charge is 1.98. The van der Waals surface area contributed by atoms with E-state index in [9.17, 15) is 0 Å². The van der Waals surface area contributed by atoms with Crippen molar-refractivity contribution < 1.29 is 0 Å². The molecule has 64 valence electrons. The fourth-order valence-electron chi connectivity index (χ4n) is 1.42. The molecule has 0 N–H and O–H groups in total. The minimum atomic E-state index is 1.18. The molecule has 13 heavy (non-hydrogen) atoms. The van der Waals surface area contributed by atoms with Crippen LogP contribution >= 0.6 is 0 Å². The van der Waals surface area contributed by atoms with Crippen molar-refractivity contribution in [3.8, 4) is 11.1 Å². The molecule has 2 aromatic rings. The van der Waals surface area contributed by atoms with Gasteiger partial charge in [-0.25, -0.2) is 0 Å². The lowest BCUT2D eigenvalue weighted by atomic mass is 10.0. The molecule has 0 atom stereocenters. The predicted octanol–water partition coefficient (Wildman–Crippen LogP) is 3.06. The van der Waals surface area contributed by atoms with E-state index in [2.05, 4.69) is 42.2 Å². The Kier molecular flexibility index (Phi) is 2.09. The molecule has 0 aliphatic carbocycles. The molecule has 0 radical (unpaired) electrons. The van der Waals surface area contributed by atoms with Crippen molar-refractivity contribution in [2.75, 3.05) is 0 Å². The van der Waals surface area contributed by atoms with Crippen molar-refractivity contribution >= 4 is 0 Å². The Labute approximate surface area is 78.1 Å². The maximum Gasteiger partial charge on any atom is 0.0346 e. The Morgan fingerprint density at radius 1 is 1.00 bits per heavy atom. The normalized spacial score (nSPS) is 9.92. The Bertz CT molecular complexity index is 393. The van der Waals surface area contributed by atoms with Crippen LogP contribution in [0.4, 0.5) is 0 Å². The Balaban J connectivity index is 2.54. The van der Waals surface area contributed by atoms with Crippen molar-refractivity contribution in [3.63, 3.8) is 0 Å². The van der Waals surface area contributed by atoms with Crippen molar-refractivity contribution in [1.82, 2.24) is 4.98 Å². The zero-order valence-electron chi connectivity index (χ0n) is 7.57. The standard InChI is InChI=1S/C12H11N/c1-10-5-2-3-7-12(10)11-6-4-8-13-9-11/h2-9H,1H3. The molecule has 1 aromatic carbocycles. The zero-order chi connectivity index (χ0) is 9.10. The fourth-order valence-corrected chi connectivity index (χ4v) is 1.42. The maximum atomic E-state index is 4.10. The number of rotatable bonds is 1. The predicted molar refractivity (Wildman–Crippen MR) is 54.4 cm³/mol. The summed E-state index contributed by atoms with van der Waals surface area (Å²) in [4.78, 5) is 4.10. The van der Waals surface area contributed by atoms with Crippen molar-refractivity contribution in [1.29, 1.82) is 0 Å². The molecule has 1 heterocycles. The lowest BCUT2D eigenvalue weighted by molar-refractivity contribution is 1.32. The van der Waals surface area contributed by atoms with Gasteiger partial charge in [0.05, 0.1) is 0 Å². The monoisotopic (exact) mass is 169 g/mol. The van der Waals surface area contributed by atoms with Crippen LogP contribution in [-0.2, 0) is 0 Å². The van der Waals surface area contributed by atoms with Gasteiger partial charge in [-0.2, -0.15) is 0 Å². The molecule has 0 aliphatic heterocycles. The molecule has 2 rings (SSSR count). The topological polar surface area (TPSA) is 12.9 Å². The molecule has 0 saturated carbocycles. The Morgan fingerprint density at radius 3 is 2.54 bits per heavy atom. The highest BCUT2D eigenvalue weighted by atomic mass is 14.6. The van der Waals surface area contributed by atoms with E-state index in [1.165, 1.54) is 16.7 Å². The van der Waals surface area contributed by atoms with Gasteiger partial charge >= 0.3 is 0 Å². The first-order valence-corrected chi connectivity index (χ1v) is 4.34. The molecule has 0 unspecified atom stereocenters. The van der Waals surface area contributed by atoms with Crippen molar-refractivity contribution in [2.24, 2.45) is 0 Å². The summed E-state index contributed by atoms with van der Waals surface area (Å²) < 4.78 is 0. The molecule has 1 nitrogen and oxygen atoms in total. The summed E-state index contributed by atoms with van der Waals surface area (Å²) in [5, 5.41) is 0. The van der Waals surface area contributed by atoms with Gasteiger partial charge in [0.25, 0.3) is 0 Å². The van der Waals surface area contributed by atoms with E-state index in [0.717, 1.165) is 0 Å². The van der Waals surface area contributed by atoms with E-state index in [-0.39, 0.29) is 0 Å². The molecule has 1 aromatic heterocycles. The average Bonchev–Trinajstić information content (AvgIpc) is 2.20. The lowest BCUT2D eigenvalue weighted by Gasteiger charge is -2.03. The second-order valence-corrected chi connectivity index (χ2v) is 3.06. The summed E-state index contributed by atoms with van der Waals surface area (Å²) in [5.41, 5.74) is 3.73. The van der Waals surface area contributed by atoms with Gasteiger partial charge in [-0.15, -0.1) is 0 Å². The van der Waals surface area contributed by atoms with E-state index in [4.69, 9.17) is 0 Å². The summed E-state index contributed by atoms with van der Waals surface area (Å²) in [6, 6.07) is 12.4. The Hall–Kier alpha value is -1.63. The first-order chi connectivity index (χ1) is 6.38. The van der Waals surface area contributed by atoms with Crippen molar-refractivity contribution in [3.05, 3.63) is 54.4 Å². The lowest BCUT2D eigenvalue weighted by Crippen LogP contribution is -1.82. The molecular formula is C12H11N. The molecule has 0 aliphatic rings. The third kappa shape index (κ3) is 1.59. The van der Waals surface area contributed by atoms with Crippen LogP contribution in [0.3, 0.4) is 0 Å². The van der Waals surface area contributed by atoms with Crippen LogP contribution in [0.2, 0.25) is 0 Å². The Morgan fingerprint density at radius 2 is 1.85 bits per heavy atom. The number of nitrogens with zero attached hydrogens (tertiary/aromatic N) is 1. The quantitative estimate of drug-likeness (QED) is 0.639. The van der Waals surface area contributed by atoms with Crippen LogP contribution in [-0.4, -0.2) is 4.98 Å². The van der Waals surface area contributed by atoms with Crippen LogP contribution in [0.1, 0.15) is 5.56 Å². The van der Waals surface area contributed by atoms with Crippen molar-refractivity contribution in [2.45, 2.75) is 6.92 Å². The fraction of sp³-hybridized carbons (Fsp3) is 0.0833. The molecule has 1 heteroatoms.